The van der Waals surface area contributed by atoms with Crippen molar-refractivity contribution in [2.75, 3.05) is 0 Å². The number of nitrogens with zero attached hydrogens (tertiary/aromatic N) is 1. The molecule has 92 valence electrons. The number of fused-ring (bicyclic) bond motifs is 1. The summed E-state index contributed by atoms with van der Waals surface area (Å²) in [5, 5.41) is 0.435. The molecule has 0 radical (unpaired) electrons. The van der Waals surface area contributed by atoms with E-state index in [1.165, 1.54) is 0 Å². The number of para-hydroxylation sites is 1. The van der Waals surface area contributed by atoms with Crippen molar-refractivity contribution in [3.05, 3.63) is 51.2 Å². The van der Waals surface area contributed by atoms with Crippen LogP contribution in [0.4, 0.5) is 0 Å². The molecule has 1 N–H and O–H groups in total. The number of rotatable bonds is 1. The molecule has 0 aliphatic carbocycles. The third-order valence-corrected chi connectivity index (χ3v) is 4.47. The molecule has 1 atom stereocenters. The van der Waals surface area contributed by atoms with Gasteiger partial charge in [0.15, 0.2) is 4.77 Å². The number of H-pyrrole nitrogens is 1. The van der Waals surface area contributed by atoms with E-state index in [0.717, 1.165) is 22.7 Å². The van der Waals surface area contributed by atoms with Crippen LogP contribution in [0.5, 0.6) is 0 Å². The van der Waals surface area contributed by atoms with E-state index >= 15 is 0 Å². The lowest BCUT2D eigenvalue weighted by Crippen LogP contribution is -2.22. The first-order valence-electron chi connectivity index (χ1n) is 5.77. The molecule has 0 amide bonds. The lowest BCUT2D eigenvalue weighted by molar-refractivity contribution is 0.815. The van der Waals surface area contributed by atoms with Crippen molar-refractivity contribution in [2.24, 2.45) is 0 Å². The fraction of sp³-hybridized carbons (Fsp3) is 0.231. The molecule has 0 saturated heterocycles. The summed E-state index contributed by atoms with van der Waals surface area (Å²) >= 11 is 6.92. The predicted molar refractivity (Wildman–Crippen MR) is 76.2 cm³/mol. The highest BCUT2D eigenvalue weighted by atomic mass is 32.2. The summed E-state index contributed by atoms with van der Waals surface area (Å²) in [4.78, 5) is 16.5. The van der Waals surface area contributed by atoms with Gasteiger partial charge in [-0.1, -0.05) is 25.1 Å². The van der Waals surface area contributed by atoms with Crippen LogP contribution in [-0.4, -0.2) is 14.8 Å². The van der Waals surface area contributed by atoms with Crippen molar-refractivity contribution in [1.29, 1.82) is 0 Å². The molecule has 1 aliphatic heterocycles. The minimum atomic E-state index is -0.00528. The smallest absolute Gasteiger partial charge is 0.272 e. The van der Waals surface area contributed by atoms with Crippen LogP contribution < -0.4 is 5.56 Å². The van der Waals surface area contributed by atoms with Gasteiger partial charge in [0.2, 0.25) is 0 Å². The summed E-state index contributed by atoms with van der Waals surface area (Å²) in [7, 11) is 0. The van der Waals surface area contributed by atoms with Crippen molar-refractivity contribution in [1.82, 2.24) is 9.55 Å². The van der Waals surface area contributed by atoms with E-state index in [0.29, 0.717) is 10.0 Å². The van der Waals surface area contributed by atoms with Gasteiger partial charge in [-0.05, 0) is 24.4 Å². The molecule has 3 rings (SSSR count). The molecule has 0 saturated carbocycles. The van der Waals surface area contributed by atoms with Gasteiger partial charge in [0, 0.05) is 17.4 Å². The van der Waals surface area contributed by atoms with Gasteiger partial charge in [-0.3, -0.25) is 9.36 Å². The number of thioether (sulfide) groups is 1. The molecule has 2 heterocycles. The standard InChI is InChI=1S/C13H12N2OS2/c1-8-7-10-11(18-8)12(16)15(13(17)14-10)9-5-3-2-4-6-9/h2-6,8H,7H2,1H3,(H,14,17)/t8-/m1/s1. The lowest BCUT2D eigenvalue weighted by atomic mass is 10.2. The van der Waals surface area contributed by atoms with Gasteiger partial charge in [0.05, 0.1) is 10.6 Å². The second kappa shape index (κ2) is 4.40. The molecular formula is C13H12N2OS2. The molecular weight excluding hydrogens is 264 g/mol. The zero-order valence-corrected chi connectivity index (χ0v) is 11.5. The Morgan fingerprint density at radius 1 is 1.39 bits per heavy atom. The summed E-state index contributed by atoms with van der Waals surface area (Å²) in [5.74, 6) is 0. The Hall–Kier alpha value is -1.33. The van der Waals surface area contributed by atoms with Gasteiger partial charge < -0.3 is 4.98 Å². The highest BCUT2D eigenvalue weighted by molar-refractivity contribution is 8.00. The third kappa shape index (κ3) is 1.83. The van der Waals surface area contributed by atoms with Crippen molar-refractivity contribution in [2.45, 2.75) is 23.5 Å². The molecule has 0 bridgehead atoms. The SMILES string of the molecule is C[C@@H]1Cc2[nH]c(=S)n(-c3ccccc3)c(=O)c2S1. The Morgan fingerprint density at radius 2 is 2.11 bits per heavy atom. The highest BCUT2D eigenvalue weighted by Gasteiger charge is 2.24. The molecule has 2 aromatic rings. The van der Waals surface area contributed by atoms with E-state index in [-0.39, 0.29) is 5.56 Å². The number of benzene rings is 1. The first kappa shape index (κ1) is 11.7. The monoisotopic (exact) mass is 276 g/mol. The summed E-state index contributed by atoms with van der Waals surface area (Å²) in [6.45, 7) is 2.12. The lowest BCUT2D eigenvalue weighted by Gasteiger charge is -2.08. The molecule has 5 heteroatoms. The van der Waals surface area contributed by atoms with Gasteiger partial charge in [0.1, 0.15) is 0 Å². The average molecular weight is 276 g/mol. The fourth-order valence-corrected chi connectivity index (χ4v) is 3.60. The Labute approximate surface area is 114 Å². The Balaban J connectivity index is 2.28. The van der Waals surface area contributed by atoms with Gasteiger partial charge in [-0.2, -0.15) is 0 Å². The van der Waals surface area contributed by atoms with E-state index in [1.54, 1.807) is 16.3 Å². The molecule has 18 heavy (non-hydrogen) atoms. The summed E-state index contributed by atoms with van der Waals surface area (Å²) in [5.41, 5.74) is 1.79. The number of hydrogen-bond acceptors (Lipinski definition) is 3. The minimum absolute atomic E-state index is 0.00528. The molecule has 0 fully saturated rings. The molecule has 1 aromatic heterocycles. The third-order valence-electron chi connectivity index (χ3n) is 2.96. The van der Waals surface area contributed by atoms with Crippen LogP contribution in [0.3, 0.4) is 0 Å². The Bertz CT molecular complexity index is 703. The molecule has 1 aliphatic rings. The summed E-state index contributed by atoms with van der Waals surface area (Å²) < 4.78 is 2.04. The van der Waals surface area contributed by atoms with Gasteiger partial charge >= 0.3 is 0 Å². The van der Waals surface area contributed by atoms with Crippen LogP contribution in [0.2, 0.25) is 0 Å². The van der Waals surface area contributed by atoms with Crippen LogP contribution in [0.25, 0.3) is 5.69 Å². The van der Waals surface area contributed by atoms with Crippen LogP contribution in [0.15, 0.2) is 40.0 Å². The van der Waals surface area contributed by atoms with Crippen LogP contribution >= 0.6 is 24.0 Å². The fourth-order valence-electron chi connectivity index (χ4n) is 2.17. The van der Waals surface area contributed by atoms with Gasteiger partial charge in [0.25, 0.3) is 5.56 Å². The molecule has 3 nitrogen and oxygen atoms in total. The minimum Gasteiger partial charge on any atom is -0.334 e. The number of aromatic amines is 1. The van der Waals surface area contributed by atoms with Crippen LogP contribution in [0, 0.1) is 4.77 Å². The summed E-state index contributed by atoms with van der Waals surface area (Å²) in [6.07, 6.45) is 0.883. The zero-order chi connectivity index (χ0) is 12.7. The van der Waals surface area contributed by atoms with Gasteiger partial charge in [-0.15, -0.1) is 11.8 Å². The van der Waals surface area contributed by atoms with E-state index in [1.807, 2.05) is 30.3 Å². The first-order valence-corrected chi connectivity index (χ1v) is 7.06. The Morgan fingerprint density at radius 3 is 2.83 bits per heavy atom. The zero-order valence-electron chi connectivity index (χ0n) is 9.84. The number of hydrogen-bond donors (Lipinski definition) is 1. The van der Waals surface area contributed by atoms with Crippen molar-refractivity contribution in [3.8, 4) is 5.69 Å². The molecule has 0 unspecified atom stereocenters. The average Bonchev–Trinajstić information content (AvgIpc) is 2.71. The van der Waals surface area contributed by atoms with Crippen molar-refractivity contribution < 1.29 is 0 Å². The highest BCUT2D eigenvalue weighted by Crippen LogP contribution is 2.32. The van der Waals surface area contributed by atoms with E-state index < -0.39 is 0 Å². The van der Waals surface area contributed by atoms with Crippen LogP contribution in [-0.2, 0) is 6.42 Å². The number of nitrogens with one attached hydrogen (secondary N) is 1. The van der Waals surface area contributed by atoms with E-state index in [2.05, 4.69) is 11.9 Å². The quantitative estimate of drug-likeness (QED) is 0.814. The van der Waals surface area contributed by atoms with E-state index in [9.17, 15) is 4.79 Å². The topological polar surface area (TPSA) is 37.8 Å². The van der Waals surface area contributed by atoms with Crippen molar-refractivity contribution >= 4 is 24.0 Å². The normalized spacial score (nSPS) is 17.7. The maximum Gasteiger partial charge on any atom is 0.272 e. The van der Waals surface area contributed by atoms with Crippen LogP contribution in [0.1, 0.15) is 12.6 Å². The Kier molecular flexibility index (Phi) is 2.87. The summed E-state index contributed by atoms with van der Waals surface area (Å²) in [6, 6.07) is 9.51. The molecule has 1 aromatic carbocycles. The van der Waals surface area contributed by atoms with Crippen molar-refractivity contribution in [3.63, 3.8) is 0 Å². The second-order valence-corrected chi connectivity index (χ2v) is 6.18. The maximum absolute atomic E-state index is 12.5. The number of aromatic nitrogens is 2. The maximum atomic E-state index is 12.5. The first-order chi connectivity index (χ1) is 8.66. The molecule has 0 spiro atoms. The second-order valence-electron chi connectivity index (χ2n) is 4.35. The largest absolute Gasteiger partial charge is 0.334 e. The predicted octanol–water partition coefficient (Wildman–Crippen LogP) is 2.93. The van der Waals surface area contributed by atoms with E-state index in [4.69, 9.17) is 12.2 Å². The van der Waals surface area contributed by atoms with Gasteiger partial charge in [-0.25, -0.2) is 0 Å².